The molecular formula is C11H15NO2. The van der Waals surface area contributed by atoms with Crippen LogP contribution in [0.5, 0.6) is 0 Å². The van der Waals surface area contributed by atoms with Gasteiger partial charge >= 0.3 is 5.97 Å². The number of aryl methyl sites for hydroxylation is 1. The predicted molar refractivity (Wildman–Crippen MR) is 53.3 cm³/mol. The average Bonchev–Trinajstić information content (AvgIpc) is 2.48. The summed E-state index contributed by atoms with van der Waals surface area (Å²) in [5.41, 5.74) is 1.99. The Bertz CT molecular complexity index is 365. The van der Waals surface area contributed by atoms with Crippen molar-refractivity contribution in [2.24, 2.45) is 5.41 Å². The fourth-order valence-electron chi connectivity index (χ4n) is 2.38. The quantitative estimate of drug-likeness (QED) is 0.718. The lowest BCUT2D eigenvalue weighted by atomic mass is 9.67. The third kappa shape index (κ3) is 1.24. The molecule has 0 radical (unpaired) electrons. The summed E-state index contributed by atoms with van der Waals surface area (Å²) in [7, 11) is 0. The van der Waals surface area contributed by atoms with E-state index >= 15 is 0 Å². The zero-order chi connectivity index (χ0) is 10.3. The summed E-state index contributed by atoms with van der Waals surface area (Å²) in [6, 6.07) is 0. The molecule has 1 atom stereocenters. The van der Waals surface area contributed by atoms with Gasteiger partial charge in [0, 0.05) is 12.4 Å². The number of carbonyl (C=O) groups is 1. The highest BCUT2D eigenvalue weighted by Crippen LogP contribution is 2.44. The first-order valence-corrected chi connectivity index (χ1v) is 4.91. The minimum Gasteiger partial charge on any atom is -0.481 e. The smallest absolute Gasteiger partial charge is 0.311 e. The Balaban J connectivity index is 2.49. The molecule has 3 nitrogen and oxygen atoms in total. The zero-order valence-electron chi connectivity index (χ0n) is 8.50. The van der Waals surface area contributed by atoms with Crippen molar-refractivity contribution in [2.45, 2.75) is 32.6 Å². The van der Waals surface area contributed by atoms with E-state index in [0.29, 0.717) is 0 Å². The standard InChI is InChI=1S/C11H15NO2/c1-11(2)4-3-7-5-12-6-8(7)9(11)10(13)14/h5-6,9,12H,3-4H2,1-2H3,(H,13,14). The molecule has 1 aliphatic rings. The molecule has 2 N–H and O–H groups in total. The molecule has 76 valence electrons. The maximum atomic E-state index is 11.2. The molecule has 14 heavy (non-hydrogen) atoms. The van der Waals surface area contributed by atoms with Crippen LogP contribution < -0.4 is 0 Å². The van der Waals surface area contributed by atoms with Crippen LogP contribution in [0, 0.1) is 5.41 Å². The van der Waals surface area contributed by atoms with Gasteiger partial charge in [-0.25, -0.2) is 0 Å². The van der Waals surface area contributed by atoms with Gasteiger partial charge in [-0.3, -0.25) is 4.79 Å². The minimum absolute atomic E-state index is 0.138. The first-order chi connectivity index (χ1) is 6.52. The van der Waals surface area contributed by atoms with Gasteiger partial charge in [-0.1, -0.05) is 13.8 Å². The Morgan fingerprint density at radius 1 is 1.57 bits per heavy atom. The molecule has 0 aromatic carbocycles. The second-order valence-corrected chi connectivity index (χ2v) is 4.70. The van der Waals surface area contributed by atoms with Crippen molar-refractivity contribution in [3.63, 3.8) is 0 Å². The van der Waals surface area contributed by atoms with Crippen LogP contribution in [0.25, 0.3) is 0 Å². The lowest BCUT2D eigenvalue weighted by molar-refractivity contribution is -0.142. The van der Waals surface area contributed by atoms with E-state index in [4.69, 9.17) is 0 Å². The Labute approximate surface area is 83.1 Å². The average molecular weight is 193 g/mol. The van der Waals surface area contributed by atoms with Crippen LogP contribution in [0.2, 0.25) is 0 Å². The molecule has 0 spiro atoms. The second-order valence-electron chi connectivity index (χ2n) is 4.70. The fourth-order valence-corrected chi connectivity index (χ4v) is 2.38. The van der Waals surface area contributed by atoms with Gasteiger partial charge in [0.2, 0.25) is 0 Å². The van der Waals surface area contributed by atoms with Crippen molar-refractivity contribution >= 4 is 5.97 Å². The Kier molecular flexibility index (Phi) is 1.91. The summed E-state index contributed by atoms with van der Waals surface area (Å²) in [5.74, 6) is -1.08. The number of aliphatic carboxylic acids is 1. The summed E-state index contributed by atoms with van der Waals surface area (Å²) in [4.78, 5) is 14.2. The van der Waals surface area contributed by atoms with E-state index in [1.165, 1.54) is 0 Å². The van der Waals surface area contributed by atoms with Crippen molar-refractivity contribution in [1.82, 2.24) is 4.98 Å². The summed E-state index contributed by atoms with van der Waals surface area (Å²) >= 11 is 0. The van der Waals surface area contributed by atoms with E-state index in [9.17, 15) is 9.90 Å². The molecule has 0 saturated carbocycles. The lowest BCUT2D eigenvalue weighted by Gasteiger charge is -2.35. The summed E-state index contributed by atoms with van der Waals surface area (Å²) in [5, 5.41) is 9.23. The van der Waals surface area contributed by atoms with Crippen molar-refractivity contribution in [3.05, 3.63) is 23.5 Å². The summed E-state index contributed by atoms with van der Waals surface area (Å²) in [6.45, 7) is 4.06. The molecule has 1 heterocycles. The highest BCUT2D eigenvalue weighted by Gasteiger charge is 2.40. The van der Waals surface area contributed by atoms with Crippen LogP contribution in [-0.2, 0) is 11.2 Å². The maximum absolute atomic E-state index is 11.2. The molecule has 2 rings (SSSR count). The molecule has 1 unspecified atom stereocenters. The third-order valence-corrected chi connectivity index (χ3v) is 3.25. The highest BCUT2D eigenvalue weighted by atomic mass is 16.4. The lowest BCUT2D eigenvalue weighted by Crippen LogP contribution is -2.33. The van der Waals surface area contributed by atoms with Gasteiger partial charge in [0.05, 0.1) is 5.92 Å². The van der Waals surface area contributed by atoms with E-state index in [-0.39, 0.29) is 11.3 Å². The third-order valence-electron chi connectivity index (χ3n) is 3.25. The fraction of sp³-hybridized carbons (Fsp3) is 0.545. The van der Waals surface area contributed by atoms with E-state index in [1.54, 1.807) is 0 Å². The largest absolute Gasteiger partial charge is 0.481 e. The number of nitrogens with one attached hydrogen (secondary N) is 1. The van der Waals surface area contributed by atoms with Crippen LogP contribution in [0.15, 0.2) is 12.4 Å². The minimum atomic E-state index is -0.712. The Morgan fingerprint density at radius 3 is 2.93 bits per heavy atom. The SMILES string of the molecule is CC1(C)CCc2c[nH]cc2C1C(=O)O. The molecule has 1 aromatic heterocycles. The molecule has 3 heteroatoms. The van der Waals surface area contributed by atoms with Crippen LogP contribution >= 0.6 is 0 Å². The highest BCUT2D eigenvalue weighted by molar-refractivity contribution is 5.78. The molecule has 1 aliphatic carbocycles. The normalized spacial score (nSPS) is 24.3. The van der Waals surface area contributed by atoms with Crippen LogP contribution in [0.3, 0.4) is 0 Å². The second kappa shape index (κ2) is 2.87. The van der Waals surface area contributed by atoms with Gasteiger partial charge in [0.25, 0.3) is 0 Å². The van der Waals surface area contributed by atoms with Gasteiger partial charge < -0.3 is 10.1 Å². The van der Waals surface area contributed by atoms with Gasteiger partial charge in [0.1, 0.15) is 0 Å². The van der Waals surface area contributed by atoms with E-state index in [1.807, 2.05) is 26.2 Å². The maximum Gasteiger partial charge on any atom is 0.311 e. The molecule has 0 fully saturated rings. The predicted octanol–water partition coefficient (Wildman–Crippen LogP) is 2.16. The molecule has 1 aromatic rings. The number of H-pyrrole nitrogens is 1. The monoisotopic (exact) mass is 193 g/mol. The van der Waals surface area contributed by atoms with Crippen LogP contribution in [-0.4, -0.2) is 16.1 Å². The van der Waals surface area contributed by atoms with Gasteiger partial charge in [-0.05, 0) is 29.4 Å². The molecule has 0 amide bonds. The Hall–Kier alpha value is -1.25. The molecule has 0 bridgehead atoms. The number of carboxylic acids is 1. The first-order valence-electron chi connectivity index (χ1n) is 4.91. The molecule has 0 saturated heterocycles. The summed E-state index contributed by atoms with van der Waals surface area (Å²) in [6.07, 6.45) is 5.67. The van der Waals surface area contributed by atoms with Gasteiger partial charge in [0.15, 0.2) is 0 Å². The Morgan fingerprint density at radius 2 is 2.29 bits per heavy atom. The first kappa shape index (κ1) is 9.31. The number of rotatable bonds is 1. The number of fused-ring (bicyclic) bond motifs is 1. The van der Waals surface area contributed by atoms with Gasteiger partial charge in [-0.2, -0.15) is 0 Å². The number of hydrogen-bond acceptors (Lipinski definition) is 1. The number of carboxylic acid groups (broad SMARTS) is 1. The van der Waals surface area contributed by atoms with Crippen LogP contribution in [0.4, 0.5) is 0 Å². The van der Waals surface area contributed by atoms with Crippen molar-refractivity contribution in [3.8, 4) is 0 Å². The number of hydrogen-bond donors (Lipinski definition) is 2. The van der Waals surface area contributed by atoms with Gasteiger partial charge in [-0.15, -0.1) is 0 Å². The van der Waals surface area contributed by atoms with Crippen molar-refractivity contribution < 1.29 is 9.90 Å². The zero-order valence-corrected chi connectivity index (χ0v) is 8.50. The number of aromatic nitrogens is 1. The molecule has 0 aliphatic heterocycles. The van der Waals surface area contributed by atoms with E-state index < -0.39 is 5.97 Å². The summed E-state index contributed by atoms with van der Waals surface area (Å²) < 4.78 is 0. The molecular weight excluding hydrogens is 178 g/mol. The van der Waals surface area contributed by atoms with Crippen molar-refractivity contribution in [2.75, 3.05) is 0 Å². The van der Waals surface area contributed by atoms with Crippen LogP contribution in [0.1, 0.15) is 37.3 Å². The topological polar surface area (TPSA) is 53.1 Å². The van der Waals surface area contributed by atoms with Crippen molar-refractivity contribution in [1.29, 1.82) is 0 Å². The van der Waals surface area contributed by atoms with E-state index in [2.05, 4.69) is 4.98 Å². The van der Waals surface area contributed by atoms with E-state index in [0.717, 1.165) is 24.0 Å². The number of aromatic amines is 1.